The molecule has 2 aromatic carbocycles. The van der Waals surface area contributed by atoms with Gasteiger partial charge < -0.3 is 9.47 Å². The molecule has 0 amide bonds. The summed E-state index contributed by atoms with van der Waals surface area (Å²) in [6, 6.07) is 13.9. The summed E-state index contributed by atoms with van der Waals surface area (Å²) in [6.45, 7) is 5.96. The first-order chi connectivity index (χ1) is 14.6. The van der Waals surface area contributed by atoms with Crippen molar-refractivity contribution in [2.75, 3.05) is 6.73 Å². The molecule has 3 aromatic rings. The number of fused-ring (bicyclic) bond motifs is 2. The van der Waals surface area contributed by atoms with Crippen LogP contribution in [0.5, 0.6) is 11.5 Å². The first-order valence-corrected chi connectivity index (χ1v) is 10.0. The van der Waals surface area contributed by atoms with Gasteiger partial charge in [0.2, 0.25) is 5.78 Å². The molecule has 2 aliphatic heterocycles. The predicted octanol–water partition coefficient (Wildman–Crippen LogP) is 4.67. The molecule has 0 radical (unpaired) electrons. The Morgan fingerprint density at radius 2 is 1.90 bits per heavy atom. The van der Waals surface area contributed by atoms with Gasteiger partial charge in [0.1, 0.15) is 18.2 Å². The number of rotatable bonds is 3. The molecule has 0 fully saturated rings. The summed E-state index contributed by atoms with van der Waals surface area (Å²) < 4.78 is 12.1. The second-order valence-corrected chi connectivity index (χ2v) is 7.78. The third kappa shape index (κ3) is 3.27. The number of carbonyl (C=O) groups excluding carboxylic acids is 1. The third-order valence-corrected chi connectivity index (χ3v) is 5.63. The number of ether oxygens (including phenoxy) is 2. The molecule has 1 aromatic heterocycles. The van der Waals surface area contributed by atoms with Gasteiger partial charge in [-0.2, -0.15) is 0 Å². The van der Waals surface area contributed by atoms with Gasteiger partial charge in [-0.15, -0.1) is 0 Å². The van der Waals surface area contributed by atoms with Crippen LogP contribution in [0.2, 0.25) is 0 Å². The molecule has 30 heavy (non-hydrogen) atoms. The second-order valence-electron chi connectivity index (χ2n) is 7.78. The van der Waals surface area contributed by atoms with Crippen LogP contribution in [0.15, 0.2) is 60.6 Å². The Kier molecular flexibility index (Phi) is 4.60. The Bertz CT molecular complexity index is 1170. The van der Waals surface area contributed by atoms with Crippen molar-refractivity contribution in [2.24, 2.45) is 0 Å². The van der Waals surface area contributed by atoms with Crippen molar-refractivity contribution in [3.63, 3.8) is 0 Å². The maximum Gasteiger partial charge on any atom is 0.231 e. The summed E-state index contributed by atoms with van der Waals surface area (Å²) in [4.78, 5) is 19.3. The fourth-order valence-electron chi connectivity index (χ4n) is 4.03. The smallest absolute Gasteiger partial charge is 0.231 e. The molecule has 2 aliphatic rings. The van der Waals surface area contributed by atoms with Crippen LogP contribution in [0.1, 0.15) is 38.2 Å². The highest BCUT2D eigenvalue weighted by molar-refractivity contribution is 6.15. The lowest BCUT2D eigenvalue weighted by Gasteiger charge is -2.30. The Morgan fingerprint density at radius 1 is 1.10 bits per heavy atom. The Morgan fingerprint density at radius 3 is 2.70 bits per heavy atom. The molecule has 0 spiro atoms. The van der Waals surface area contributed by atoms with Crippen molar-refractivity contribution >= 4 is 11.9 Å². The topological polar surface area (TPSA) is 51.7 Å². The lowest BCUT2D eigenvalue weighted by molar-refractivity contribution is 0.0876. The number of allylic oxidation sites excluding steroid dienone is 1. The quantitative estimate of drug-likeness (QED) is 0.600. The molecule has 0 bridgehead atoms. The lowest BCUT2D eigenvalue weighted by Crippen LogP contribution is -2.32. The first kappa shape index (κ1) is 18.6. The fraction of sp³-hybridized carbons (Fsp3) is 0.200. The second kappa shape index (κ2) is 7.43. The van der Waals surface area contributed by atoms with E-state index in [1.54, 1.807) is 12.4 Å². The molecule has 0 atom stereocenters. The zero-order chi connectivity index (χ0) is 20.7. The van der Waals surface area contributed by atoms with Crippen molar-refractivity contribution in [3.8, 4) is 11.5 Å². The van der Waals surface area contributed by atoms with Crippen LogP contribution in [-0.4, -0.2) is 22.4 Å². The van der Waals surface area contributed by atoms with E-state index in [2.05, 4.69) is 9.88 Å². The maximum atomic E-state index is 13.1. The number of carbonyl (C=O) groups is 1. The minimum Gasteiger partial charge on any atom is -0.477 e. The number of pyridine rings is 1. The van der Waals surface area contributed by atoms with E-state index < -0.39 is 0 Å². The van der Waals surface area contributed by atoms with Gasteiger partial charge in [0.05, 0.1) is 5.56 Å². The predicted molar refractivity (Wildman–Crippen MR) is 114 cm³/mol. The highest BCUT2D eigenvalue weighted by Gasteiger charge is 2.33. The summed E-state index contributed by atoms with van der Waals surface area (Å²) in [5.74, 6) is 1.72. The fourth-order valence-corrected chi connectivity index (χ4v) is 4.03. The van der Waals surface area contributed by atoms with Gasteiger partial charge in [-0.1, -0.05) is 24.3 Å². The Labute approximate surface area is 175 Å². The van der Waals surface area contributed by atoms with Gasteiger partial charge in [-0.05, 0) is 54.8 Å². The number of nitrogens with zero attached hydrogens (tertiary/aromatic N) is 2. The number of aromatic nitrogens is 1. The molecule has 3 heterocycles. The maximum absolute atomic E-state index is 13.1. The van der Waals surface area contributed by atoms with Crippen LogP contribution in [0.4, 0.5) is 0 Å². The molecule has 5 rings (SSSR count). The SMILES string of the molecule is Cc1ccccc1/C=C1\Oc2c(cc3c(c2C)OCN(Cc2ccncc2)C3)C1=O. The van der Waals surface area contributed by atoms with E-state index in [9.17, 15) is 4.79 Å². The lowest BCUT2D eigenvalue weighted by atomic mass is 9.99. The molecule has 0 aliphatic carbocycles. The van der Waals surface area contributed by atoms with Crippen molar-refractivity contribution in [2.45, 2.75) is 26.9 Å². The monoisotopic (exact) mass is 398 g/mol. The van der Waals surface area contributed by atoms with Crippen molar-refractivity contribution in [3.05, 3.63) is 94.0 Å². The zero-order valence-corrected chi connectivity index (χ0v) is 17.0. The van der Waals surface area contributed by atoms with E-state index in [4.69, 9.17) is 9.47 Å². The molecule has 5 heteroatoms. The average molecular weight is 398 g/mol. The highest BCUT2D eigenvalue weighted by atomic mass is 16.5. The normalized spacial score (nSPS) is 16.7. The number of hydrogen-bond acceptors (Lipinski definition) is 5. The van der Waals surface area contributed by atoms with Crippen LogP contribution in [-0.2, 0) is 13.1 Å². The molecule has 0 unspecified atom stereocenters. The van der Waals surface area contributed by atoms with Crippen LogP contribution in [0.3, 0.4) is 0 Å². The van der Waals surface area contributed by atoms with E-state index in [-0.39, 0.29) is 5.78 Å². The van der Waals surface area contributed by atoms with Crippen molar-refractivity contribution in [1.82, 2.24) is 9.88 Å². The van der Waals surface area contributed by atoms with E-state index in [0.29, 0.717) is 23.8 Å². The van der Waals surface area contributed by atoms with Crippen LogP contribution in [0, 0.1) is 13.8 Å². The number of aryl methyl sites for hydroxylation is 1. The van der Waals surface area contributed by atoms with Gasteiger partial charge in [0.15, 0.2) is 5.76 Å². The summed E-state index contributed by atoms with van der Waals surface area (Å²) >= 11 is 0. The summed E-state index contributed by atoms with van der Waals surface area (Å²) in [5.41, 5.74) is 5.77. The van der Waals surface area contributed by atoms with E-state index >= 15 is 0 Å². The van der Waals surface area contributed by atoms with Crippen molar-refractivity contribution < 1.29 is 14.3 Å². The Balaban J connectivity index is 1.44. The molecule has 150 valence electrons. The third-order valence-electron chi connectivity index (χ3n) is 5.63. The highest BCUT2D eigenvalue weighted by Crippen LogP contribution is 2.43. The summed E-state index contributed by atoms with van der Waals surface area (Å²) in [6.07, 6.45) is 5.42. The van der Waals surface area contributed by atoms with Gasteiger partial charge >= 0.3 is 0 Å². The summed E-state index contributed by atoms with van der Waals surface area (Å²) in [5, 5.41) is 0. The van der Waals surface area contributed by atoms with Crippen LogP contribution >= 0.6 is 0 Å². The average Bonchev–Trinajstić information content (AvgIpc) is 3.06. The van der Waals surface area contributed by atoms with Gasteiger partial charge in [0.25, 0.3) is 0 Å². The minimum absolute atomic E-state index is 0.0783. The molecular weight excluding hydrogens is 376 g/mol. The molecular formula is C25H22N2O3. The van der Waals surface area contributed by atoms with Crippen LogP contribution < -0.4 is 9.47 Å². The molecule has 0 saturated carbocycles. The van der Waals surface area contributed by atoms with E-state index in [1.165, 1.54) is 5.56 Å². The molecule has 0 saturated heterocycles. The molecule has 5 nitrogen and oxygen atoms in total. The van der Waals surface area contributed by atoms with Gasteiger partial charge in [-0.3, -0.25) is 14.7 Å². The number of Topliss-reactive ketones (excluding diaryl/α,β-unsaturated/α-hetero) is 1. The summed E-state index contributed by atoms with van der Waals surface area (Å²) in [7, 11) is 0. The standard InChI is InChI=1S/C25H22N2O3/c1-16-5-3-4-6-19(16)12-22-23(28)21-11-20-14-27(13-18-7-9-26-10-8-18)15-29-24(20)17(2)25(21)30-22/h3-12H,13-15H2,1-2H3/b22-12-. The van der Waals surface area contributed by atoms with Gasteiger partial charge in [0, 0.05) is 36.6 Å². The number of hydrogen-bond donors (Lipinski definition) is 0. The van der Waals surface area contributed by atoms with Gasteiger partial charge in [-0.25, -0.2) is 0 Å². The largest absolute Gasteiger partial charge is 0.477 e. The van der Waals surface area contributed by atoms with Crippen molar-refractivity contribution in [1.29, 1.82) is 0 Å². The zero-order valence-electron chi connectivity index (χ0n) is 17.0. The van der Waals surface area contributed by atoms with E-state index in [1.807, 2.05) is 62.4 Å². The first-order valence-electron chi connectivity index (χ1n) is 10.0. The van der Waals surface area contributed by atoms with E-state index in [0.717, 1.165) is 41.1 Å². The number of benzene rings is 2. The Hall–Kier alpha value is -3.44. The minimum atomic E-state index is -0.0783. The molecule has 0 N–H and O–H groups in total. The number of ketones is 1. The van der Waals surface area contributed by atoms with Crippen LogP contribution in [0.25, 0.3) is 6.08 Å².